The zero-order valence-corrected chi connectivity index (χ0v) is 7.95. The zero-order chi connectivity index (χ0) is 9.10. The van der Waals surface area contributed by atoms with Gasteiger partial charge in [-0.05, 0) is 12.8 Å². The van der Waals surface area contributed by atoms with E-state index in [0.29, 0.717) is 6.04 Å². The lowest BCUT2D eigenvalue weighted by atomic mass is 10.1. The summed E-state index contributed by atoms with van der Waals surface area (Å²) in [7, 11) is 0. The molecule has 0 amide bonds. The normalized spacial score (nSPS) is 20.0. The van der Waals surface area contributed by atoms with Crippen LogP contribution in [0.25, 0.3) is 0 Å². The lowest BCUT2D eigenvalue weighted by Gasteiger charge is -2.13. The molecule has 0 atom stereocenters. The van der Waals surface area contributed by atoms with E-state index in [1.54, 1.807) is 6.20 Å². The zero-order valence-electron chi connectivity index (χ0n) is 7.95. The van der Waals surface area contributed by atoms with E-state index in [-0.39, 0.29) is 0 Å². The van der Waals surface area contributed by atoms with Gasteiger partial charge in [0.15, 0.2) is 0 Å². The van der Waals surface area contributed by atoms with Crippen LogP contribution in [0.15, 0.2) is 12.4 Å². The maximum atomic E-state index is 5.64. The van der Waals surface area contributed by atoms with Gasteiger partial charge >= 0.3 is 0 Å². The molecule has 1 fully saturated rings. The molecule has 2 rings (SSSR count). The van der Waals surface area contributed by atoms with Gasteiger partial charge in [-0.15, -0.1) is 0 Å². The Morgan fingerprint density at radius 1 is 1.23 bits per heavy atom. The van der Waals surface area contributed by atoms with Crippen molar-refractivity contribution in [2.75, 3.05) is 5.73 Å². The van der Waals surface area contributed by atoms with Gasteiger partial charge in [-0.2, -0.15) is 5.10 Å². The second-order valence-electron chi connectivity index (χ2n) is 3.90. The van der Waals surface area contributed by atoms with Crippen molar-refractivity contribution in [3.05, 3.63) is 12.4 Å². The maximum absolute atomic E-state index is 5.64. The molecule has 2 N–H and O–H groups in total. The lowest BCUT2D eigenvalue weighted by molar-refractivity contribution is 0.406. The predicted molar refractivity (Wildman–Crippen MR) is 53.4 cm³/mol. The average Bonchev–Trinajstić information content (AvgIpc) is 2.43. The fourth-order valence-corrected chi connectivity index (χ4v) is 2.07. The molecule has 1 aromatic heterocycles. The molecule has 1 aliphatic rings. The molecule has 0 aliphatic heterocycles. The molecule has 3 heteroatoms. The molecule has 13 heavy (non-hydrogen) atoms. The Kier molecular flexibility index (Phi) is 2.52. The monoisotopic (exact) mass is 179 g/mol. The van der Waals surface area contributed by atoms with E-state index in [0.717, 1.165) is 5.69 Å². The minimum absolute atomic E-state index is 0.597. The molecule has 0 radical (unpaired) electrons. The van der Waals surface area contributed by atoms with Crippen molar-refractivity contribution in [2.45, 2.75) is 44.6 Å². The minimum atomic E-state index is 0.597. The summed E-state index contributed by atoms with van der Waals surface area (Å²) in [6.45, 7) is 0. The predicted octanol–water partition coefficient (Wildman–Crippen LogP) is 2.36. The topological polar surface area (TPSA) is 43.8 Å². The summed E-state index contributed by atoms with van der Waals surface area (Å²) in [6, 6.07) is 0.597. The summed E-state index contributed by atoms with van der Waals surface area (Å²) < 4.78 is 2.04. The van der Waals surface area contributed by atoms with Crippen molar-refractivity contribution >= 4 is 5.69 Å². The van der Waals surface area contributed by atoms with Crippen LogP contribution in [-0.2, 0) is 0 Å². The third-order valence-electron chi connectivity index (χ3n) is 2.82. The Morgan fingerprint density at radius 3 is 2.46 bits per heavy atom. The molecule has 0 saturated heterocycles. The maximum Gasteiger partial charge on any atom is 0.0719 e. The van der Waals surface area contributed by atoms with E-state index >= 15 is 0 Å². The Hall–Kier alpha value is -0.990. The molecule has 0 unspecified atom stereocenters. The number of nitrogen functional groups attached to an aromatic ring is 1. The highest BCUT2D eigenvalue weighted by Crippen LogP contribution is 2.26. The summed E-state index contributed by atoms with van der Waals surface area (Å²) in [4.78, 5) is 0. The van der Waals surface area contributed by atoms with Crippen LogP contribution in [0.4, 0.5) is 5.69 Å². The van der Waals surface area contributed by atoms with Gasteiger partial charge in [-0.3, -0.25) is 4.68 Å². The lowest BCUT2D eigenvalue weighted by Crippen LogP contribution is -2.08. The van der Waals surface area contributed by atoms with E-state index in [2.05, 4.69) is 5.10 Å². The minimum Gasteiger partial charge on any atom is -0.396 e. The van der Waals surface area contributed by atoms with Gasteiger partial charge in [0.1, 0.15) is 0 Å². The molecule has 0 aromatic carbocycles. The van der Waals surface area contributed by atoms with Crippen LogP contribution >= 0.6 is 0 Å². The van der Waals surface area contributed by atoms with Crippen molar-refractivity contribution in [3.63, 3.8) is 0 Å². The van der Waals surface area contributed by atoms with Crippen LogP contribution in [0.5, 0.6) is 0 Å². The van der Waals surface area contributed by atoms with E-state index in [1.807, 2.05) is 10.9 Å². The van der Waals surface area contributed by atoms with E-state index in [1.165, 1.54) is 38.5 Å². The van der Waals surface area contributed by atoms with Crippen molar-refractivity contribution in [2.24, 2.45) is 0 Å². The summed E-state index contributed by atoms with van der Waals surface area (Å²) >= 11 is 0. The number of nitrogens with zero attached hydrogens (tertiary/aromatic N) is 2. The van der Waals surface area contributed by atoms with E-state index < -0.39 is 0 Å². The van der Waals surface area contributed by atoms with E-state index in [4.69, 9.17) is 5.73 Å². The molecule has 0 bridgehead atoms. The molecule has 3 nitrogen and oxygen atoms in total. The van der Waals surface area contributed by atoms with Gasteiger partial charge in [0.2, 0.25) is 0 Å². The van der Waals surface area contributed by atoms with Crippen molar-refractivity contribution < 1.29 is 0 Å². The highest BCUT2D eigenvalue weighted by Gasteiger charge is 2.14. The summed E-state index contributed by atoms with van der Waals surface area (Å²) in [6.07, 6.45) is 11.7. The number of anilines is 1. The van der Waals surface area contributed by atoms with Crippen molar-refractivity contribution in [1.82, 2.24) is 9.78 Å². The standard InChI is InChI=1S/C10H17N3/c11-9-7-12-13(8-9)10-5-3-1-2-4-6-10/h7-8,10H,1-6,11H2. The second-order valence-corrected chi connectivity index (χ2v) is 3.90. The van der Waals surface area contributed by atoms with Gasteiger partial charge in [0, 0.05) is 6.20 Å². The second kappa shape index (κ2) is 3.81. The summed E-state index contributed by atoms with van der Waals surface area (Å²) in [5, 5.41) is 4.27. The molecule has 1 aliphatic carbocycles. The van der Waals surface area contributed by atoms with E-state index in [9.17, 15) is 0 Å². The number of nitrogens with two attached hydrogens (primary N) is 1. The number of aromatic nitrogens is 2. The average molecular weight is 179 g/mol. The highest BCUT2D eigenvalue weighted by molar-refractivity contribution is 5.30. The van der Waals surface area contributed by atoms with Crippen LogP contribution in [-0.4, -0.2) is 9.78 Å². The molecular weight excluding hydrogens is 162 g/mol. The Bertz CT molecular complexity index is 259. The Balaban J connectivity index is 2.06. The fraction of sp³-hybridized carbons (Fsp3) is 0.700. The molecule has 1 saturated carbocycles. The third kappa shape index (κ3) is 2.02. The smallest absolute Gasteiger partial charge is 0.0719 e. The van der Waals surface area contributed by atoms with Crippen LogP contribution in [0.3, 0.4) is 0 Å². The number of rotatable bonds is 1. The largest absolute Gasteiger partial charge is 0.396 e. The van der Waals surface area contributed by atoms with Gasteiger partial charge in [0.05, 0.1) is 17.9 Å². The van der Waals surface area contributed by atoms with Gasteiger partial charge < -0.3 is 5.73 Å². The Labute approximate surface area is 78.9 Å². The summed E-state index contributed by atoms with van der Waals surface area (Å²) in [5.41, 5.74) is 6.42. The molecular formula is C10H17N3. The van der Waals surface area contributed by atoms with Gasteiger partial charge in [-0.1, -0.05) is 25.7 Å². The quantitative estimate of drug-likeness (QED) is 0.672. The van der Waals surface area contributed by atoms with Crippen molar-refractivity contribution in [1.29, 1.82) is 0 Å². The number of hydrogen-bond acceptors (Lipinski definition) is 2. The first kappa shape index (κ1) is 8.60. The molecule has 1 heterocycles. The van der Waals surface area contributed by atoms with Gasteiger partial charge in [-0.25, -0.2) is 0 Å². The number of hydrogen-bond donors (Lipinski definition) is 1. The SMILES string of the molecule is Nc1cnn(C2CCCCCC2)c1. The van der Waals surface area contributed by atoms with Crippen LogP contribution < -0.4 is 5.73 Å². The molecule has 0 spiro atoms. The van der Waals surface area contributed by atoms with Crippen LogP contribution in [0.2, 0.25) is 0 Å². The first-order valence-corrected chi connectivity index (χ1v) is 5.16. The summed E-state index contributed by atoms with van der Waals surface area (Å²) in [5.74, 6) is 0. The van der Waals surface area contributed by atoms with Crippen molar-refractivity contribution in [3.8, 4) is 0 Å². The van der Waals surface area contributed by atoms with Crippen LogP contribution in [0, 0.1) is 0 Å². The van der Waals surface area contributed by atoms with Crippen LogP contribution in [0.1, 0.15) is 44.6 Å². The third-order valence-corrected chi connectivity index (χ3v) is 2.82. The molecule has 1 aromatic rings. The first-order valence-electron chi connectivity index (χ1n) is 5.16. The first-order chi connectivity index (χ1) is 6.36. The van der Waals surface area contributed by atoms with Gasteiger partial charge in [0.25, 0.3) is 0 Å². The fourth-order valence-electron chi connectivity index (χ4n) is 2.07. The highest BCUT2D eigenvalue weighted by atomic mass is 15.3. The Morgan fingerprint density at radius 2 is 1.92 bits per heavy atom. The molecule has 72 valence electrons.